The molecular weight excluding hydrogens is 222 g/mol. The molecule has 0 fully saturated rings. The molecule has 0 saturated carbocycles. The molecule has 3 rings (SSSR count). The quantitative estimate of drug-likeness (QED) is 0.791. The third kappa shape index (κ3) is 2.08. The predicted octanol–water partition coefficient (Wildman–Crippen LogP) is 3.12. The molecule has 1 aromatic rings. The summed E-state index contributed by atoms with van der Waals surface area (Å²) in [5.41, 5.74) is 5.01. The van der Waals surface area contributed by atoms with Crippen LogP contribution in [0.4, 0.5) is 0 Å². The van der Waals surface area contributed by atoms with Gasteiger partial charge in [-0.05, 0) is 55.0 Å². The van der Waals surface area contributed by atoms with E-state index in [4.69, 9.17) is 0 Å². The van der Waals surface area contributed by atoms with Gasteiger partial charge in [0, 0.05) is 12.1 Å². The Hall–Kier alpha value is -1.54. The van der Waals surface area contributed by atoms with Crippen molar-refractivity contribution in [3.05, 3.63) is 41.0 Å². The van der Waals surface area contributed by atoms with Gasteiger partial charge in [0.1, 0.15) is 5.75 Å². The molecule has 0 atom stereocenters. The van der Waals surface area contributed by atoms with Gasteiger partial charge in [-0.25, -0.2) is 0 Å². The summed E-state index contributed by atoms with van der Waals surface area (Å²) in [6, 6.07) is 3.88. The molecule has 0 aromatic heterocycles. The first-order valence-electron chi connectivity index (χ1n) is 6.78. The fourth-order valence-electron chi connectivity index (χ4n) is 2.89. The molecule has 2 aliphatic rings. The van der Waals surface area contributed by atoms with Crippen LogP contribution in [0, 0.1) is 0 Å². The molecule has 2 nitrogen and oxygen atoms in total. The molecule has 94 valence electrons. The van der Waals surface area contributed by atoms with Crippen LogP contribution in [0.3, 0.4) is 0 Å². The summed E-state index contributed by atoms with van der Waals surface area (Å²) in [5, 5.41) is 13.5. The van der Waals surface area contributed by atoms with Crippen molar-refractivity contribution in [2.75, 3.05) is 13.1 Å². The van der Waals surface area contributed by atoms with Crippen molar-refractivity contribution in [1.82, 2.24) is 5.32 Å². The zero-order valence-electron chi connectivity index (χ0n) is 10.6. The van der Waals surface area contributed by atoms with Crippen molar-refractivity contribution >= 4 is 11.6 Å². The number of hydrogen-bond acceptors (Lipinski definition) is 2. The van der Waals surface area contributed by atoms with Gasteiger partial charge in [0.25, 0.3) is 0 Å². The van der Waals surface area contributed by atoms with Gasteiger partial charge >= 0.3 is 0 Å². The molecular formula is C16H19NO. The van der Waals surface area contributed by atoms with E-state index in [1.54, 1.807) is 0 Å². The van der Waals surface area contributed by atoms with Crippen molar-refractivity contribution in [3.63, 3.8) is 0 Å². The van der Waals surface area contributed by atoms with Crippen LogP contribution in [-0.4, -0.2) is 18.2 Å². The van der Waals surface area contributed by atoms with Crippen LogP contribution in [-0.2, 0) is 6.42 Å². The molecule has 1 heterocycles. The Kier molecular flexibility index (Phi) is 3.20. The molecule has 18 heavy (non-hydrogen) atoms. The summed E-state index contributed by atoms with van der Waals surface area (Å²) in [6.07, 6.45) is 11.0. The number of hydrogen-bond donors (Lipinski definition) is 2. The van der Waals surface area contributed by atoms with Crippen LogP contribution in [0.5, 0.6) is 5.75 Å². The SMILES string of the molecule is Oc1ccc2c(c1C1=CCNCC1)CCCC=C2. The molecule has 0 saturated heterocycles. The van der Waals surface area contributed by atoms with E-state index in [1.807, 2.05) is 12.1 Å². The standard InChI is InChI=1S/C16H19NO/c18-15-7-6-12-4-2-1-3-5-14(12)16(15)13-8-10-17-11-9-13/h2,4,6-8,17-18H,1,3,5,9-11H2. The van der Waals surface area contributed by atoms with E-state index in [0.29, 0.717) is 5.75 Å². The Morgan fingerprint density at radius 2 is 2.11 bits per heavy atom. The fourth-order valence-corrected chi connectivity index (χ4v) is 2.89. The molecule has 0 unspecified atom stereocenters. The van der Waals surface area contributed by atoms with Gasteiger partial charge < -0.3 is 10.4 Å². The zero-order chi connectivity index (χ0) is 12.4. The summed E-state index contributed by atoms with van der Waals surface area (Å²) < 4.78 is 0. The molecule has 2 heteroatoms. The maximum absolute atomic E-state index is 10.2. The largest absolute Gasteiger partial charge is 0.507 e. The molecule has 1 aromatic carbocycles. The second kappa shape index (κ2) is 4.99. The Labute approximate surface area is 108 Å². The van der Waals surface area contributed by atoms with E-state index in [0.717, 1.165) is 37.9 Å². The van der Waals surface area contributed by atoms with Crippen LogP contribution in [0.25, 0.3) is 11.6 Å². The van der Waals surface area contributed by atoms with Crippen molar-refractivity contribution in [2.45, 2.75) is 25.7 Å². The lowest BCUT2D eigenvalue weighted by Gasteiger charge is -2.20. The van der Waals surface area contributed by atoms with Crippen LogP contribution in [0.15, 0.2) is 24.3 Å². The topological polar surface area (TPSA) is 32.3 Å². The molecule has 1 aliphatic carbocycles. The van der Waals surface area contributed by atoms with E-state index < -0.39 is 0 Å². The van der Waals surface area contributed by atoms with Crippen LogP contribution in [0.1, 0.15) is 36.0 Å². The zero-order valence-corrected chi connectivity index (χ0v) is 10.6. The lowest BCUT2D eigenvalue weighted by molar-refractivity contribution is 0.472. The summed E-state index contributed by atoms with van der Waals surface area (Å²) in [6.45, 7) is 1.92. The van der Waals surface area contributed by atoms with Crippen molar-refractivity contribution in [2.24, 2.45) is 0 Å². The maximum atomic E-state index is 10.2. The fraction of sp³-hybridized carbons (Fsp3) is 0.375. The predicted molar refractivity (Wildman–Crippen MR) is 75.5 cm³/mol. The van der Waals surface area contributed by atoms with Gasteiger partial charge in [-0.2, -0.15) is 0 Å². The van der Waals surface area contributed by atoms with Crippen LogP contribution >= 0.6 is 0 Å². The van der Waals surface area contributed by atoms with E-state index in [1.165, 1.54) is 23.1 Å². The number of aromatic hydroxyl groups is 1. The lowest BCUT2D eigenvalue weighted by Crippen LogP contribution is -2.20. The second-order valence-electron chi connectivity index (χ2n) is 5.01. The van der Waals surface area contributed by atoms with Crippen molar-refractivity contribution < 1.29 is 5.11 Å². The highest BCUT2D eigenvalue weighted by molar-refractivity contribution is 5.77. The van der Waals surface area contributed by atoms with Gasteiger partial charge in [0.15, 0.2) is 0 Å². The first-order valence-corrected chi connectivity index (χ1v) is 6.78. The van der Waals surface area contributed by atoms with Crippen molar-refractivity contribution in [3.8, 4) is 5.75 Å². The second-order valence-corrected chi connectivity index (χ2v) is 5.01. The monoisotopic (exact) mass is 241 g/mol. The van der Waals surface area contributed by atoms with E-state index in [-0.39, 0.29) is 0 Å². The maximum Gasteiger partial charge on any atom is 0.123 e. The Balaban J connectivity index is 2.13. The average Bonchev–Trinajstić information content (AvgIpc) is 2.65. The molecule has 2 N–H and O–H groups in total. The number of allylic oxidation sites excluding steroid dienone is 1. The molecule has 0 radical (unpaired) electrons. The third-order valence-corrected chi connectivity index (χ3v) is 3.81. The number of fused-ring (bicyclic) bond motifs is 1. The normalized spacial score (nSPS) is 19.0. The number of benzene rings is 1. The first-order chi connectivity index (χ1) is 8.86. The molecule has 1 aliphatic heterocycles. The van der Waals surface area contributed by atoms with E-state index in [2.05, 4.69) is 23.5 Å². The van der Waals surface area contributed by atoms with Gasteiger partial charge in [-0.3, -0.25) is 0 Å². The minimum atomic E-state index is 0.442. The number of rotatable bonds is 1. The number of phenols is 1. The molecule has 0 amide bonds. The van der Waals surface area contributed by atoms with E-state index >= 15 is 0 Å². The van der Waals surface area contributed by atoms with Crippen LogP contribution < -0.4 is 5.32 Å². The summed E-state index contributed by atoms with van der Waals surface area (Å²) >= 11 is 0. The lowest BCUT2D eigenvalue weighted by atomic mass is 9.89. The summed E-state index contributed by atoms with van der Waals surface area (Å²) in [4.78, 5) is 0. The molecule has 0 spiro atoms. The third-order valence-electron chi connectivity index (χ3n) is 3.81. The highest BCUT2D eigenvalue weighted by Gasteiger charge is 2.17. The number of phenolic OH excluding ortho intramolecular Hbond substituents is 1. The summed E-state index contributed by atoms with van der Waals surface area (Å²) in [7, 11) is 0. The highest BCUT2D eigenvalue weighted by Crippen LogP contribution is 2.36. The first kappa shape index (κ1) is 11.5. The number of nitrogens with one attached hydrogen (secondary N) is 1. The average molecular weight is 241 g/mol. The van der Waals surface area contributed by atoms with Crippen LogP contribution in [0.2, 0.25) is 0 Å². The van der Waals surface area contributed by atoms with E-state index in [9.17, 15) is 5.11 Å². The van der Waals surface area contributed by atoms with Gasteiger partial charge in [-0.15, -0.1) is 0 Å². The Morgan fingerprint density at radius 3 is 2.94 bits per heavy atom. The van der Waals surface area contributed by atoms with Crippen molar-refractivity contribution in [1.29, 1.82) is 0 Å². The minimum Gasteiger partial charge on any atom is -0.507 e. The van der Waals surface area contributed by atoms with Gasteiger partial charge in [0.05, 0.1) is 0 Å². The highest BCUT2D eigenvalue weighted by atomic mass is 16.3. The Morgan fingerprint density at radius 1 is 1.17 bits per heavy atom. The van der Waals surface area contributed by atoms with Gasteiger partial charge in [0.2, 0.25) is 0 Å². The van der Waals surface area contributed by atoms with Gasteiger partial charge in [-0.1, -0.05) is 24.3 Å². The smallest absolute Gasteiger partial charge is 0.123 e. The summed E-state index contributed by atoms with van der Waals surface area (Å²) in [5.74, 6) is 0.442. The molecule has 0 bridgehead atoms. The minimum absolute atomic E-state index is 0.442. The Bertz CT molecular complexity index is 514.